The van der Waals surface area contributed by atoms with Crippen LogP contribution in [0.4, 0.5) is 4.39 Å². The highest BCUT2D eigenvalue weighted by molar-refractivity contribution is 5.29. The fourth-order valence-electron chi connectivity index (χ4n) is 1.22. The van der Waals surface area contributed by atoms with Crippen LogP contribution in [-0.2, 0) is 6.61 Å². The highest BCUT2D eigenvalue weighted by Crippen LogP contribution is 2.22. The lowest BCUT2D eigenvalue weighted by Gasteiger charge is -2.05. The van der Waals surface area contributed by atoms with Crippen LogP contribution in [0.1, 0.15) is 11.3 Å². The monoisotopic (exact) mass is 223 g/mol. The third-order valence-electron chi connectivity index (χ3n) is 1.95. The molecule has 0 aliphatic carbocycles. The van der Waals surface area contributed by atoms with Crippen LogP contribution in [0.5, 0.6) is 11.8 Å². The van der Waals surface area contributed by atoms with Gasteiger partial charge in [0.15, 0.2) is 0 Å². The molecule has 2 aromatic rings. The third-order valence-corrected chi connectivity index (χ3v) is 1.95. The first-order chi connectivity index (χ1) is 7.69. The Bertz CT molecular complexity index is 499. The number of aliphatic hydroxyl groups is 1. The molecule has 0 unspecified atom stereocenters. The average Bonchev–Trinajstić information content (AvgIpc) is 2.67. The van der Waals surface area contributed by atoms with Gasteiger partial charge in [-0.2, -0.15) is 0 Å². The van der Waals surface area contributed by atoms with Crippen molar-refractivity contribution < 1.29 is 14.2 Å². The van der Waals surface area contributed by atoms with E-state index in [-0.39, 0.29) is 18.1 Å². The summed E-state index contributed by atoms with van der Waals surface area (Å²) in [7, 11) is 0. The number of nitrogens with zero attached hydrogens (tertiary/aromatic N) is 2. The summed E-state index contributed by atoms with van der Waals surface area (Å²) in [6.45, 7) is 1.48. The Hall–Kier alpha value is -1.95. The predicted octanol–water partition coefficient (Wildman–Crippen LogP) is 1.54. The zero-order chi connectivity index (χ0) is 11.5. The molecule has 0 aliphatic rings. The highest BCUT2D eigenvalue weighted by Gasteiger charge is 2.09. The van der Waals surface area contributed by atoms with E-state index in [0.29, 0.717) is 5.88 Å². The van der Waals surface area contributed by atoms with Gasteiger partial charge in [0.1, 0.15) is 5.82 Å². The summed E-state index contributed by atoms with van der Waals surface area (Å²) in [4.78, 5) is 3.74. The molecule has 0 amide bonds. The van der Waals surface area contributed by atoms with Crippen molar-refractivity contribution >= 4 is 0 Å². The predicted molar refractivity (Wildman–Crippen MR) is 53.5 cm³/mol. The van der Waals surface area contributed by atoms with E-state index >= 15 is 0 Å². The summed E-state index contributed by atoms with van der Waals surface area (Å²) in [6.07, 6.45) is 1.02. The van der Waals surface area contributed by atoms with E-state index in [1.807, 2.05) is 6.92 Å². The van der Waals surface area contributed by atoms with Gasteiger partial charge in [-0.25, -0.2) is 9.37 Å². The van der Waals surface area contributed by atoms with Crippen molar-refractivity contribution in [3.63, 3.8) is 0 Å². The number of aliphatic hydroxyl groups excluding tert-OH is 1. The molecule has 0 bridgehead atoms. The zero-order valence-electron chi connectivity index (χ0n) is 8.57. The number of halogens is 1. The Labute approximate surface area is 90.9 Å². The lowest BCUT2D eigenvalue weighted by molar-refractivity contribution is 0.273. The molecule has 0 saturated heterocycles. The van der Waals surface area contributed by atoms with Gasteiger partial charge in [0.2, 0.25) is 11.8 Å². The second-order valence-corrected chi connectivity index (χ2v) is 3.27. The summed E-state index contributed by atoms with van der Waals surface area (Å²) >= 11 is 0. The Balaban J connectivity index is 2.27. The van der Waals surface area contributed by atoms with E-state index in [1.165, 1.54) is 6.07 Å². The number of pyridine rings is 1. The molecular formula is C10H10FN3O2. The maximum atomic E-state index is 12.8. The van der Waals surface area contributed by atoms with E-state index in [2.05, 4.69) is 15.2 Å². The fourth-order valence-corrected chi connectivity index (χ4v) is 1.22. The molecular weight excluding hydrogens is 213 g/mol. The van der Waals surface area contributed by atoms with Crippen LogP contribution in [-0.4, -0.2) is 20.3 Å². The summed E-state index contributed by atoms with van der Waals surface area (Å²) in [6, 6.07) is 2.84. The quantitative estimate of drug-likeness (QED) is 0.827. The number of aromatic amines is 1. The van der Waals surface area contributed by atoms with Gasteiger partial charge in [0, 0.05) is 17.3 Å². The SMILES string of the molecule is Cc1cc(Oc2ncc(F)cc2CO)n[nH]1. The Morgan fingerprint density at radius 1 is 1.50 bits per heavy atom. The number of nitrogens with one attached hydrogen (secondary N) is 1. The number of aromatic nitrogens is 3. The molecule has 5 nitrogen and oxygen atoms in total. The maximum absolute atomic E-state index is 12.8. The molecule has 0 aromatic carbocycles. The minimum Gasteiger partial charge on any atom is -0.419 e. The zero-order valence-corrected chi connectivity index (χ0v) is 8.57. The molecule has 0 aliphatic heterocycles. The van der Waals surface area contributed by atoms with Gasteiger partial charge in [-0.15, -0.1) is 5.10 Å². The van der Waals surface area contributed by atoms with E-state index in [0.717, 1.165) is 11.9 Å². The molecule has 2 N–H and O–H groups in total. The molecule has 2 heterocycles. The number of rotatable bonds is 3. The van der Waals surface area contributed by atoms with Crippen LogP contribution in [0.2, 0.25) is 0 Å². The van der Waals surface area contributed by atoms with Crippen molar-refractivity contribution in [3.8, 4) is 11.8 Å². The average molecular weight is 223 g/mol. The number of hydrogen-bond acceptors (Lipinski definition) is 4. The summed E-state index contributed by atoms with van der Waals surface area (Å²) in [5.74, 6) is -0.0451. The van der Waals surface area contributed by atoms with Crippen LogP contribution in [0.3, 0.4) is 0 Å². The standard InChI is InChI=1S/C10H10FN3O2/c1-6-2-9(14-13-6)16-10-7(5-15)3-8(11)4-12-10/h2-4,15H,5H2,1H3,(H,13,14). The highest BCUT2D eigenvalue weighted by atomic mass is 19.1. The van der Waals surface area contributed by atoms with E-state index in [4.69, 9.17) is 9.84 Å². The Morgan fingerprint density at radius 3 is 2.94 bits per heavy atom. The molecule has 0 radical (unpaired) electrons. The van der Waals surface area contributed by atoms with Gasteiger partial charge in [-0.3, -0.25) is 5.10 Å². The molecule has 6 heteroatoms. The van der Waals surface area contributed by atoms with Gasteiger partial charge in [0.05, 0.1) is 12.8 Å². The number of hydrogen-bond donors (Lipinski definition) is 2. The van der Waals surface area contributed by atoms with Gasteiger partial charge in [-0.05, 0) is 13.0 Å². The van der Waals surface area contributed by atoms with Gasteiger partial charge < -0.3 is 9.84 Å². The third kappa shape index (κ3) is 2.17. The van der Waals surface area contributed by atoms with E-state index < -0.39 is 5.82 Å². The van der Waals surface area contributed by atoms with E-state index in [1.54, 1.807) is 6.07 Å². The number of H-pyrrole nitrogens is 1. The first kappa shape index (κ1) is 10.6. The molecule has 2 aromatic heterocycles. The first-order valence-electron chi connectivity index (χ1n) is 4.64. The fraction of sp³-hybridized carbons (Fsp3) is 0.200. The second-order valence-electron chi connectivity index (χ2n) is 3.27. The largest absolute Gasteiger partial charge is 0.419 e. The second kappa shape index (κ2) is 4.28. The molecule has 84 valence electrons. The molecule has 2 rings (SSSR count). The van der Waals surface area contributed by atoms with Crippen molar-refractivity contribution in [3.05, 3.63) is 35.4 Å². The van der Waals surface area contributed by atoms with Crippen molar-refractivity contribution in [2.75, 3.05) is 0 Å². The minimum atomic E-state index is -0.519. The van der Waals surface area contributed by atoms with Crippen LogP contribution in [0.15, 0.2) is 18.3 Å². The molecule has 0 saturated carbocycles. The van der Waals surface area contributed by atoms with Gasteiger partial charge in [0.25, 0.3) is 0 Å². The smallest absolute Gasteiger partial charge is 0.240 e. The number of aryl methyl sites for hydroxylation is 1. The van der Waals surface area contributed by atoms with Crippen LogP contribution >= 0.6 is 0 Å². The normalized spacial score (nSPS) is 10.4. The van der Waals surface area contributed by atoms with Crippen LogP contribution in [0.25, 0.3) is 0 Å². The van der Waals surface area contributed by atoms with Gasteiger partial charge in [-0.1, -0.05) is 0 Å². The molecule has 0 atom stereocenters. The summed E-state index contributed by atoms with van der Waals surface area (Å²) in [5, 5.41) is 15.6. The first-order valence-corrected chi connectivity index (χ1v) is 4.64. The van der Waals surface area contributed by atoms with Crippen LogP contribution in [0, 0.1) is 12.7 Å². The van der Waals surface area contributed by atoms with Crippen molar-refractivity contribution in [2.45, 2.75) is 13.5 Å². The summed E-state index contributed by atoms with van der Waals surface area (Å²) < 4.78 is 18.1. The molecule has 0 spiro atoms. The number of ether oxygens (including phenoxy) is 1. The maximum Gasteiger partial charge on any atom is 0.240 e. The van der Waals surface area contributed by atoms with Crippen molar-refractivity contribution in [1.82, 2.24) is 15.2 Å². The van der Waals surface area contributed by atoms with E-state index in [9.17, 15) is 4.39 Å². The molecule has 0 fully saturated rings. The van der Waals surface area contributed by atoms with Crippen molar-refractivity contribution in [2.24, 2.45) is 0 Å². The van der Waals surface area contributed by atoms with Crippen molar-refractivity contribution in [1.29, 1.82) is 0 Å². The van der Waals surface area contributed by atoms with Gasteiger partial charge >= 0.3 is 0 Å². The Kier molecular flexibility index (Phi) is 2.82. The lowest BCUT2D eigenvalue weighted by atomic mass is 10.3. The summed E-state index contributed by atoms with van der Waals surface area (Å²) in [5.41, 5.74) is 1.11. The molecule has 16 heavy (non-hydrogen) atoms. The minimum absolute atomic E-state index is 0.149. The Morgan fingerprint density at radius 2 is 2.31 bits per heavy atom. The lowest BCUT2D eigenvalue weighted by Crippen LogP contribution is -1.96. The van der Waals surface area contributed by atoms with Crippen LogP contribution < -0.4 is 4.74 Å². The topological polar surface area (TPSA) is 71.0 Å².